The first-order valence-electron chi connectivity index (χ1n) is 10.0. The van der Waals surface area contributed by atoms with Crippen molar-refractivity contribution in [3.8, 4) is 5.75 Å². The first kappa shape index (κ1) is 18.1. The zero-order valence-corrected chi connectivity index (χ0v) is 15.9. The van der Waals surface area contributed by atoms with Crippen LogP contribution in [0.25, 0.3) is 0 Å². The average Bonchev–Trinajstić information content (AvgIpc) is 2.90. The van der Waals surface area contributed by atoms with Gasteiger partial charge in [0.2, 0.25) is 0 Å². The van der Waals surface area contributed by atoms with E-state index in [-0.39, 0.29) is 17.9 Å². The van der Waals surface area contributed by atoms with Gasteiger partial charge in [-0.15, -0.1) is 0 Å². The number of nitrogens with zero attached hydrogens (tertiary/aromatic N) is 2. The van der Waals surface area contributed by atoms with E-state index in [1.807, 2.05) is 18.2 Å². The number of carbonyl (C=O) groups is 2. The Morgan fingerprint density at radius 2 is 1.96 bits per heavy atom. The van der Waals surface area contributed by atoms with Crippen LogP contribution in [0.1, 0.15) is 32.6 Å². The minimum atomic E-state index is -0.674. The fraction of sp³-hybridized carbons (Fsp3) is 0.600. The van der Waals surface area contributed by atoms with Gasteiger partial charge in [0, 0.05) is 0 Å². The molecule has 3 aliphatic rings. The van der Waals surface area contributed by atoms with Gasteiger partial charge in [0.15, 0.2) is 6.67 Å². The van der Waals surface area contributed by atoms with Crippen molar-refractivity contribution in [3.05, 3.63) is 24.3 Å². The third kappa shape index (κ3) is 3.14. The molecule has 3 fully saturated rings. The lowest BCUT2D eigenvalue weighted by atomic mass is 9.73. The van der Waals surface area contributed by atoms with Crippen LogP contribution in [-0.2, 0) is 4.79 Å². The van der Waals surface area contributed by atoms with Crippen molar-refractivity contribution < 1.29 is 19.6 Å². The minimum Gasteiger partial charge on any atom is -0.506 e. The van der Waals surface area contributed by atoms with Gasteiger partial charge in [-0.3, -0.25) is 4.79 Å². The molecular weight excluding hydrogens is 344 g/mol. The Labute approximate surface area is 159 Å². The smallest absolute Gasteiger partial charge is 0.329 e. The Kier molecular flexibility index (Phi) is 4.72. The second-order valence-corrected chi connectivity index (χ2v) is 8.17. The van der Waals surface area contributed by atoms with E-state index < -0.39 is 5.54 Å². The average molecular weight is 373 g/mol. The lowest BCUT2D eigenvalue weighted by Crippen LogP contribution is -3.16. The number of hydrogen-bond donors (Lipinski definition) is 3. The van der Waals surface area contributed by atoms with E-state index in [4.69, 9.17) is 0 Å². The summed E-state index contributed by atoms with van der Waals surface area (Å²) in [6.45, 7) is 5.74. The Hall–Kier alpha value is -2.28. The van der Waals surface area contributed by atoms with E-state index in [2.05, 4.69) is 17.1 Å². The predicted octanol–water partition coefficient (Wildman–Crippen LogP) is 0.555. The number of carbonyl (C=O) groups excluding carboxylic acids is 2. The number of benzene rings is 1. The number of aromatic hydroxyl groups is 1. The van der Waals surface area contributed by atoms with Crippen LogP contribution >= 0.6 is 0 Å². The molecule has 3 N–H and O–H groups in total. The highest BCUT2D eigenvalue weighted by Crippen LogP contribution is 2.37. The van der Waals surface area contributed by atoms with Crippen LogP contribution in [-0.4, -0.2) is 60.3 Å². The van der Waals surface area contributed by atoms with E-state index in [0.29, 0.717) is 12.4 Å². The summed E-state index contributed by atoms with van der Waals surface area (Å²) in [5, 5.41) is 13.1. The summed E-state index contributed by atoms with van der Waals surface area (Å²) >= 11 is 0. The number of urea groups is 1. The molecule has 1 aromatic rings. The zero-order chi connectivity index (χ0) is 19.0. The van der Waals surface area contributed by atoms with Crippen LogP contribution in [0.3, 0.4) is 0 Å². The largest absolute Gasteiger partial charge is 0.506 e. The summed E-state index contributed by atoms with van der Waals surface area (Å²) in [6.07, 6.45) is 3.87. The fourth-order valence-corrected chi connectivity index (χ4v) is 4.82. The summed E-state index contributed by atoms with van der Waals surface area (Å²) < 4.78 is 0. The van der Waals surface area contributed by atoms with Gasteiger partial charge in [0.25, 0.3) is 5.91 Å². The Morgan fingerprint density at radius 1 is 1.22 bits per heavy atom. The molecule has 2 saturated heterocycles. The number of rotatable bonds is 3. The molecule has 1 saturated carbocycles. The first-order valence-corrected chi connectivity index (χ1v) is 10.0. The maximum Gasteiger partial charge on any atom is 0.329 e. The quantitative estimate of drug-likeness (QED) is 0.677. The minimum absolute atomic E-state index is 0.0321. The predicted molar refractivity (Wildman–Crippen MR) is 102 cm³/mol. The molecule has 0 unspecified atom stereocenters. The van der Waals surface area contributed by atoms with Gasteiger partial charge < -0.3 is 20.2 Å². The van der Waals surface area contributed by atoms with E-state index in [1.165, 1.54) is 9.80 Å². The molecule has 0 bridgehead atoms. The number of anilines is 1. The van der Waals surface area contributed by atoms with Gasteiger partial charge in [-0.2, -0.15) is 0 Å². The second kappa shape index (κ2) is 7.03. The van der Waals surface area contributed by atoms with E-state index in [9.17, 15) is 14.7 Å². The van der Waals surface area contributed by atoms with Crippen LogP contribution in [0.2, 0.25) is 0 Å². The van der Waals surface area contributed by atoms with Crippen LogP contribution in [0.4, 0.5) is 10.5 Å². The van der Waals surface area contributed by atoms with Gasteiger partial charge in [0.05, 0.1) is 31.9 Å². The molecule has 1 aliphatic carbocycles. The number of quaternary nitrogens is 1. The molecule has 1 spiro atoms. The second-order valence-electron chi connectivity index (χ2n) is 8.17. The molecule has 4 rings (SSSR count). The molecule has 7 nitrogen and oxygen atoms in total. The molecule has 3 amide bonds. The lowest BCUT2D eigenvalue weighted by molar-refractivity contribution is -0.907. The summed E-state index contributed by atoms with van der Waals surface area (Å²) in [7, 11) is 0. The van der Waals surface area contributed by atoms with Gasteiger partial charge in [0.1, 0.15) is 11.3 Å². The van der Waals surface area contributed by atoms with Crippen molar-refractivity contribution in [2.75, 3.05) is 37.7 Å². The monoisotopic (exact) mass is 373 g/mol. The summed E-state index contributed by atoms with van der Waals surface area (Å²) in [5.74, 6) is 0.458. The maximum atomic E-state index is 13.1. The number of amides is 3. The van der Waals surface area contributed by atoms with Crippen LogP contribution in [0.15, 0.2) is 24.3 Å². The number of nitrogens with one attached hydrogen (secondary N) is 2. The number of imide groups is 1. The molecule has 146 valence electrons. The van der Waals surface area contributed by atoms with E-state index in [1.54, 1.807) is 6.07 Å². The number of para-hydroxylation sites is 2. The highest BCUT2D eigenvalue weighted by Gasteiger charge is 2.55. The normalized spacial score (nSPS) is 29.4. The Bertz CT molecular complexity index is 732. The summed E-state index contributed by atoms with van der Waals surface area (Å²) in [5.41, 5.74) is 0.174. The van der Waals surface area contributed by atoms with Gasteiger partial charge >= 0.3 is 6.03 Å². The SMILES string of the molecule is C[C@@H]1CCCC[C@@]12NC(=O)N(C[NH+]1CCN(c3ccccc3O)CC1)C2=O. The maximum absolute atomic E-state index is 13.1. The van der Waals surface area contributed by atoms with Crippen LogP contribution < -0.4 is 15.1 Å². The number of phenols is 1. The van der Waals surface area contributed by atoms with Crippen molar-refractivity contribution >= 4 is 17.6 Å². The van der Waals surface area contributed by atoms with Crippen molar-refractivity contribution in [2.45, 2.75) is 38.1 Å². The molecule has 7 heteroatoms. The zero-order valence-electron chi connectivity index (χ0n) is 15.9. The Morgan fingerprint density at radius 3 is 2.67 bits per heavy atom. The standard InChI is InChI=1S/C20H28N4O3/c1-15-6-4-5-9-20(15)18(26)24(19(27)21-20)14-22-10-12-23(13-11-22)16-7-2-3-8-17(16)25/h2-3,7-8,15,25H,4-6,9-14H2,1H3,(H,21,27)/p+1/t15-,20-/m1/s1. The third-order valence-electron chi connectivity index (χ3n) is 6.58. The molecule has 0 aromatic heterocycles. The molecular formula is C20H29N4O3+. The number of piperazine rings is 1. The van der Waals surface area contributed by atoms with Gasteiger partial charge in [-0.05, 0) is 30.9 Å². The van der Waals surface area contributed by atoms with Crippen molar-refractivity contribution in [2.24, 2.45) is 5.92 Å². The first-order chi connectivity index (χ1) is 13.0. The third-order valence-corrected chi connectivity index (χ3v) is 6.58. The summed E-state index contributed by atoms with van der Waals surface area (Å²) in [4.78, 5) is 30.5. The molecule has 0 radical (unpaired) electrons. The highest BCUT2D eigenvalue weighted by atomic mass is 16.3. The summed E-state index contributed by atoms with van der Waals surface area (Å²) in [6, 6.07) is 7.13. The van der Waals surface area contributed by atoms with Gasteiger partial charge in [-0.1, -0.05) is 31.9 Å². The van der Waals surface area contributed by atoms with Crippen molar-refractivity contribution in [1.82, 2.24) is 10.2 Å². The molecule has 2 atom stereocenters. The molecule has 2 aliphatic heterocycles. The highest BCUT2D eigenvalue weighted by molar-refractivity contribution is 6.07. The molecule has 27 heavy (non-hydrogen) atoms. The van der Waals surface area contributed by atoms with E-state index >= 15 is 0 Å². The van der Waals surface area contributed by atoms with E-state index in [0.717, 1.165) is 57.5 Å². The number of hydrogen-bond acceptors (Lipinski definition) is 4. The topological polar surface area (TPSA) is 77.3 Å². The van der Waals surface area contributed by atoms with Crippen molar-refractivity contribution in [3.63, 3.8) is 0 Å². The number of phenolic OH excluding ortho intramolecular Hbond substituents is 1. The molecule has 2 heterocycles. The van der Waals surface area contributed by atoms with Crippen molar-refractivity contribution in [1.29, 1.82) is 0 Å². The van der Waals surface area contributed by atoms with Crippen LogP contribution in [0.5, 0.6) is 5.75 Å². The van der Waals surface area contributed by atoms with Crippen LogP contribution in [0, 0.1) is 5.92 Å². The Balaban J connectivity index is 1.38. The lowest BCUT2D eigenvalue weighted by Gasteiger charge is -2.37. The van der Waals surface area contributed by atoms with Gasteiger partial charge in [-0.25, -0.2) is 9.69 Å². The fourth-order valence-electron chi connectivity index (χ4n) is 4.82. The molecule has 1 aromatic carbocycles.